The topological polar surface area (TPSA) is 66.9 Å². The summed E-state index contributed by atoms with van der Waals surface area (Å²) in [6.07, 6.45) is 6.38. The Labute approximate surface area is 151 Å². The van der Waals surface area contributed by atoms with Crippen LogP contribution in [0.1, 0.15) is 18.4 Å². The van der Waals surface area contributed by atoms with E-state index in [9.17, 15) is 14.4 Å². The molecule has 1 aromatic carbocycles. The first kappa shape index (κ1) is 15.6. The molecular formula is C20H20N2O4. The van der Waals surface area contributed by atoms with Crippen LogP contribution in [0.15, 0.2) is 30.4 Å². The molecule has 0 N–H and O–H groups in total. The molecule has 4 atom stereocenters. The van der Waals surface area contributed by atoms with Crippen LogP contribution in [-0.4, -0.2) is 31.6 Å². The summed E-state index contributed by atoms with van der Waals surface area (Å²) in [7, 11) is 1.37. The van der Waals surface area contributed by atoms with E-state index in [1.165, 1.54) is 12.0 Å². The van der Waals surface area contributed by atoms with E-state index >= 15 is 0 Å². The lowest BCUT2D eigenvalue weighted by Gasteiger charge is -2.29. The van der Waals surface area contributed by atoms with Crippen LogP contribution in [0.25, 0.3) is 0 Å². The number of nitrogens with zero attached hydrogens (tertiary/aromatic N) is 2. The van der Waals surface area contributed by atoms with Gasteiger partial charge in [0.25, 0.3) is 0 Å². The van der Waals surface area contributed by atoms with Gasteiger partial charge in [0.2, 0.25) is 11.8 Å². The number of imide groups is 1. The monoisotopic (exact) mass is 352 g/mol. The first-order chi connectivity index (χ1) is 12.6. The van der Waals surface area contributed by atoms with Gasteiger partial charge in [-0.15, -0.1) is 0 Å². The molecule has 2 bridgehead atoms. The van der Waals surface area contributed by atoms with Gasteiger partial charge in [-0.05, 0) is 54.9 Å². The summed E-state index contributed by atoms with van der Waals surface area (Å²) >= 11 is 0. The maximum atomic E-state index is 13.0. The van der Waals surface area contributed by atoms with E-state index in [2.05, 4.69) is 12.2 Å². The number of fused-ring (bicyclic) bond motifs is 6. The summed E-state index contributed by atoms with van der Waals surface area (Å²) in [4.78, 5) is 40.9. The number of carbonyl (C=O) groups excluding carboxylic acids is 3. The van der Waals surface area contributed by atoms with Crippen molar-refractivity contribution in [1.29, 1.82) is 0 Å². The van der Waals surface area contributed by atoms with Crippen molar-refractivity contribution in [2.75, 3.05) is 23.5 Å². The summed E-state index contributed by atoms with van der Waals surface area (Å²) in [5, 5.41) is 0. The lowest BCUT2D eigenvalue weighted by Crippen LogP contribution is -2.36. The molecule has 3 amide bonds. The van der Waals surface area contributed by atoms with Crippen molar-refractivity contribution < 1.29 is 19.1 Å². The third-order valence-electron chi connectivity index (χ3n) is 6.31. The predicted octanol–water partition coefficient (Wildman–Crippen LogP) is 2.52. The normalized spacial score (nSPS) is 31.4. The van der Waals surface area contributed by atoms with Gasteiger partial charge in [0.1, 0.15) is 0 Å². The van der Waals surface area contributed by atoms with Gasteiger partial charge >= 0.3 is 6.09 Å². The maximum Gasteiger partial charge on any atom is 0.414 e. The zero-order valence-corrected chi connectivity index (χ0v) is 14.6. The molecule has 5 rings (SSSR count). The minimum atomic E-state index is -0.385. The summed E-state index contributed by atoms with van der Waals surface area (Å²) in [6.45, 7) is 0.611. The second-order valence-corrected chi connectivity index (χ2v) is 7.55. The molecule has 6 heteroatoms. The highest BCUT2D eigenvalue weighted by Crippen LogP contribution is 2.53. The number of amides is 3. The highest BCUT2D eigenvalue weighted by molar-refractivity contribution is 6.23. The Morgan fingerprint density at radius 2 is 1.81 bits per heavy atom. The number of rotatable bonds is 1. The molecule has 2 heterocycles. The van der Waals surface area contributed by atoms with Crippen LogP contribution in [0, 0.1) is 23.7 Å². The van der Waals surface area contributed by atoms with E-state index in [1.54, 1.807) is 11.0 Å². The SMILES string of the molecule is COC(=O)N1CCCc2cc(N3C(=O)[C@@H]4[C@@H](C3=O)[C@H]3C=C[C@H]4C3)ccc21. The third-order valence-corrected chi connectivity index (χ3v) is 6.31. The van der Waals surface area contributed by atoms with Gasteiger partial charge in [0.15, 0.2) is 0 Å². The molecule has 0 radical (unpaired) electrons. The highest BCUT2D eigenvalue weighted by Gasteiger charge is 2.59. The number of ether oxygens (including phenoxy) is 1. The molecule has 2 fully saturated rings. The predicted molar refractivity (Wildman–Crippen MR) is 94.7 cm³/mol. The minimum Gasteiger partial charge on any atom is -0.452 e. The van der Waals surface area contributed by atoms with E-state index in [-0.39, 0.29) is 41.6 Å². The molecule has 1 saturated carbocycles. The zero-order valence-electron chi connectivity index (χ0n) is 14.6. The molecule has 26 heavy (non-hydrogen) atoms. The number of methoxy groups -OCH3 is 1. The Kier molecular flexibility index (Phi) is 3.26. The van der Waals surface area contributed by atoms with Crippen LogP contribution in [-0.2, 0) is 20.7 Å². The largest absolute Gasteiger partial charge is 0.452 e. The van der Waals surface area contributed by atoms with Crippen molar-refractivity contribution in [1.82, 2.24) is 0 Å². The summed E-state index contributed by atoms with van der Waals surface area (Å²) in [5.74, 6) is -0.118. The number of carbonyl (C=O) groups is 3. The van der Waals surface area contributed by atoms with Crippen molar-refractivity contribution in [3.8, 4) is 0 Å². The smallest absolute Gasteiger partial charge is 0.414 e. The summed E-state index contributed by atoms with van der Waals surface area (Å²) in [5.41, 5.74) is 2.39. The average molecular weight is 352 g/mol. The van der Waals surface area contributed by atoms with E-state index in [0.717, 1.165) is 30.5 Å². The van der Waals surface area contributed by atoms with Crippen molar-refractivity contribution in [2.24, 2.45) is 23.7 Å². The van der Waals surface area contributed by atoms with Crippen LogP contribution in [0.3, 0.4) is 0 Å². The van der Waals surface area contributed by atoms with E-state index < -0.39 is 0 Å². The molecule has 0 spiro atoms. The fourth-order valence-electron chi connectivity index (χ4n) is 5.18. The second-order valence-electron chi connectivity index (χ2n) is 7.55. The molecule has 2 aliphatic carbocycles. The van der Waals surface area contributed by atoms with E-state index in [0.29, 0.717) is 12.2 Å². The molecule has 4 aliphatic rings. The van der Waals surface area contributed by atoms with Gasteiger partial charge in [0.05, 0.1) is 30.3 Å². The van der Waals surface area contributed by atoms with Crippen molar-refractivity contribution in [2.45, 2.75) is 19.3 Å². The second kappa shape index (κ2) is 5.43. The molecule has 134 valence electrons. The maximum absolute atomic E-state index is 13.0. The summed E-state index contributed by atoms with van der Waals surface area (Å²) < 4.78 is 4.85. The quantitative estimate of drug-likeness (QED) is 0.575. The Morgan fingerprint density at radius 3 is 2.46 bits per heavy atom. The van der Waals surface area contributed by atoms with Crippen molar-refractivity contribution in [3.63, 3.8) is 0 Å². The minimum absolute atomic E-state index is 0.0718. The lowest BCUT2D eigenvalue weighted by molar-refractivity contribution is -0.123. The number of hydrogen-bond acceptors (Lipinski definition) is 4. The number of allylic oxidation sites excluding steroid dienone is 2. The highest BCUT2D eigenvalue weighted by atomic mass is 16.5. The van der Waals surface area contributed by atoms with Gasteiger partial charge in [-0.25, -0.2) is 4.79 Å². The van der Waals surface area contributed by atoms with Crippen LogP contribution < -0.4 is 9.80 Å². The van der Waals surface area contributed by atoms with Gasteiger partial charge in [0, 0.05) is 6.54 Å². The standard InChI is InChI=1S/C20H20N2O4/c1-26-20(25)21-8-2-3-11-10-14(6-7-15(11)21)22-18(23)16-12-4-5-13(9-12)17(16)19(22)24/h4-7,10,12-13,16-17H,2-3,8-9H2,1H3/t12-,13-,16-,17-/m0/s1. The fourth-order valence-corrected chi connectivity index (χ4v) is 5.18. The zero-order chi connectivity index (χ0) is 18.0. The Morgan fingerprint density at radius 1 is 1.12 bits per heavy atom. The van der Waals surface area contributed by atoms with Crippen molar-refractivity contribution in [3.05, 3.63) is 35.9 Å². The molecule has 6 nitrogen and oxygen atoms in total. The number of hydrogen-bond donors (Lipinski definition) is 0. The van der Waals surface area contributed by atoms with Crippen molar-refractivity contribution >= 4 is 29.3 Å². The van der Waals surface area contributed by atoms with Crippen LogP contribution in [0.2, 0.25) is 0 Å². The molecule has 1 aromatic rings. The first-order valence-corrected chi connectivity index (χ1v) is 9.14. The average Bonchev–Trinajstić information content (AvgIpc) is 3.34. The van der Waals surface area contributed by atoms with Crippen LogP contribution >= 0.6 is 0 Å². The van der Waals surface area contributed by atoms with E-state index in [4.69, 9.17) is 4.74 Å². The molecule has 0 aromatic heterocycles. The van der Waals surface area contributed by atoms with Gasteiger partial charge in [-0.2, -0.15) is 0 Å². The number of aryl methyl sites for hydroxylation is 1. The van der Waals surface area contributed by atoms with Gasteiger partial charge in [-0.3, -0.25) is 19.4 Å². The van der Waals surface area contributed by atoms with Gasteiger partial charge in [-0.1, -0.05) is 12.2 Å². The first-order valence-electron chi connectivity index (χ1n) is 9.14. The molecule has 2 aliphatic heterocycles. The van der Waals surface area contributed by atoms with Gasteiger partial charge < -0.3 is 4.74 Å². The Balaban J connectivity index is 1.50. The number of benzene rings is 1. The molecular weight excluding hydrogens is 332 g/mol. The fraction of sp³-hybridized carbons (Fsp3) is 0.450. The third kappa shape index (κ3) is 1.95. The Bertz CT molecular complexity index is 831. The van der Waals surface area contributed by atoms with Crippen LogP contribution in [0.4, 0.5) is 16.2 Å². The Hall–Kier alpha value is -2.63. The molecule has 0 unspecified atom stereocenters. The molecule has 1 saturated heterocycles. The lowest BCUT2D eigenvalue weighted by atomic mass is 9.85. The number of anilines is 2. The van der Waals surface area contributed by atoms with Crippen LogP contribution in [0.5, 0.6) is 0 Å². The van der Waals surface area contributed by atoms with E-state index in [1.807, 2.05) is 12.1 Å². The summed E-state index contributed by atoms with van der Waals surface area (Å²) in [6, 6.07) is 5.48.